The number of H-pyrrole nitrogens is 2. The van der Waals surface area contributed by atoms with Gasteiger partial charge < -0.3 is 9.72 Å². The SMILES string of the molecule is CCCCOc1ccc(-c2cc(-c3ccn(CC)n3)c(-c3nn[nH]n3)c(=O)[nH]2)cc1. The second-order valence-electron chi connectivity index (χ2n) is 6.82. The van der Waals surface area contributed by atoms with Crippen molar-refractivity contribution in [3.8, 4) is 39.7 Å². The fraction of sp³-hybridized carbons (Fsp3) is 0.286. The Hall–Kier alpha value is -3.75. The number of aromatic nitrogens is 7. The highest BCUT2D eigenvalue weighted by atomic mass is 16.5. The summed E-state index contributed by atoms with van der Waals surface area (Å²) in [4.78, 5) is 15.9. The van der Waals surface area contributed by atoms with Crippen LogP contribution in [0, 0.1) is 0 Å². The van der Waals surface area contributed by atoms with E-state index in [-0.39, 0.29) is 11.4 Å². The number of tetrazole rings is 1. The zero-order chi connectivity index (χ0) is 20.9. The number of benzene rings is 1. The van der Waals surface area contributed by atoms with Crippen LogP contribution < -0.4 is 10.3 Å². The lowest BCUT2D eigenvalue weighted by Crippen LogP contribution is -2.13. The first kappa shape index (κ1) is 19.6. The van der Waals surface area contributed by atoms with E-state index < -0.39 is 0 Å². The van der Waals surface area contributed by atoms with Crippen molar-refractivity contribution in [1.82, 2.24) is 35.4 Å². The molecular weight excluding hydrogens is 382 g/mol. The van der Waals surface area contributed by atoms with Gasteiger partial charge in [-0.1, -0.05) is 13.3 Å². The Kier molecular flexibility index (Phi) is 5.69. The molecule has 9 heteroatoms. The van der Waals surface area contributed by atoms with Gasteiger partial charge in [-0.15, -0.1) is 10.2 Å². The van der Waals surface area contributed by atoms with Crippen LogP contribution in [0.15, 0.2) is 47.4 Å². The van der Waals surface area contributed by atoms with Crippen LogP contribution in [-0.2, 0) is 6.54 Å². The summed E-state index contributed by atoms with van der Waals surface area (Å²) in [5, 5.41) is 18.5. The van der Waals surface area contributed by atoms with Gasteiger partial charge in [0.1, 0.15) is 5.75 Å². The summed E-state index contributed by atoms with van der Waals surface area (Å²) in [6.07, 6.45) is 3.97. The molecule has 2 N–H and O–H groups in total. The van der Waals surface area contributed by atoms with Gasteiger partial charge in [0.05, 0.1) is 17.9 Å². The van der Waals surface area contributed by atoms with E-state index in [1.54, 1.807) is 4.68 Å². The predicted octanol–water partition coefficient (Wildman–Crippen LogP) is 3.28. The van der Waals surface area contributed by atoms with Gasteiger partial charge in [-0.05, 0) is 60.5 Å². The van der Waals surface area contributed by atoms with E-state index in [1.807, 2.05) is 49.5 Å². The normalized spacial score (nSPS) is 11.0. The summed E-state index contributed by atoms with van der Waals surface area (Å²) in [6, 6.07) is 11.4. The molecule has 4 rings (SSSR count). The first-order valence-corrected chi connectivity index (χ1v) is 9.97. The highest BCUT2D eigenvalue weighted by Gasteiger charge is 2.19. The van der Waals surface area contributed by atoms with Crippen molar-refractivity contribution >= 4 is 0 Å². The highest BCUT2D eigenvalue weighted by molar-refractivity contribution is 5.81. The van der Waals surface area contributed by atoms with Crippen LogP contribution in [0.1, 0.15) is 26.7 Å². The average Bonchev–Trinajstić information content (AvgIpc) is 3.46. The molecule has 154 valence electrons. The van der Waals surface area contributed by atoms with Gasteiger partial charge in [0.25, 0.3) is 5.56 Å². The van der Waals surface area contributed by atoms with E-state index in [4.69, 9.17) is 4.74 Å². The monoisotopic (exact) mass is 405 g/mol. The number of ether oxygens (including phenoxy) is 1. The second-order valence-corrected chi connectivity index (χ2v) is 6.82. The van der Waals surface area contributed by atoms with Crippen LogP contribution in [0.3, 0.4) is 0 Å². The summed E-state index contributed by atoms with van der Waals surface area (Å²) in [6.45, 7) is 5.55. The van der Waals surface area contributed by atoms with E-state index in [0.29, 0.717) is 29.1 Å². The second kappa shape index (κ2) is 8.73. The molecule has 3 aromatic heterocycles. The molecule has 30 heavy (non-hydrogen) atoms. The van der Waals surface area contributed by atoms with Gasteiger partial charge in [-0.3, -0.25) is 9.48 Å². The lowest BCUT2D eigenvalue weighted by molar-refractivity contribution is 0.309. The minimum Gasteiger partial charge on any atom is -0.494 e. The maximum Gasteiger partial charge on any atom is 0.260 e. The van der Waals surface area contributed by atoms with Crippen LogP contribution in [0.25, 0.3) is 33.9 Å². The molecule has 0 aliphatic carbocycles. The maximum atomic E-state index is 13.0. The van der Waals surface area contributed by atoms with Crippen LogP contribution in [-0.4, -0.2) is 42.0 Å². The van der Waals surface area contributed by atoms with E-state index in [9.17, 15) is 4.79 Å². The molecule has 9 nitrogen and oxygen atoms in total. The average molecular weight is 405 g/mol. The molecule has 0 radical (unpaired) electrons. The highest BCUT2D eigenvalue weighted by Crippen LogP contribution is 2.30. The first-order valence-electron chi connectivity index (χ1n) is 9.97. The number of aryl methyl sites for hydroxylation is 1. The van der Waals surface area contributed by atoms with Gasteiger partial charge in [-0.2, -0.15) is 10.3 Å². The summed E-state index contributed by atoms with van der Waals surface area (Å²) in [7, 11) is 0. The van der Waals surface area contributed by atoms with Crippen molar-refractivity contribution < 1.29 is 4.74 Å². The summed E-state index contributed by atoms with van der Waals surface area (Å²) < 4.78 is 7.53. The number of nitrogens with zero attached hydrogens (tertiary/aromatic N) is 5. The fourth-order valence-electron chi connectivity index (χ4n) is 3.15. The number of aromatic amines is 2. The minimum atomic E-state index is -0.307. The molecule has 0 atom stereocenters. The Balaban J connectivity index is 1.76. The third kappa shape index (κ3) is 4.00. The molecule has 0 saturated heterocycles. The van der Waals surface area contributed by atoms with Gasteiger partial charge in [0, 0.05) is 24.0 Å². The summed E-state index contributed by atoms with van der Waals surface area (Å²) >= 11 is 0. The van der Waals surface area contributed by atoms with Crippen molar-refractivity contribution in [3.05, 3.63) is 52.9 Å². The lowest BCUT2D eigenvalue weighted by Gasteiger charge is -2.09. The van der Waals surface area contributed by atoms with E-state index in [2.05, 4.69) is 37.6 Å². The molecule has 0 spiro atoms. The molecule has 0 amide bonds. The number of pyridine rings is 1. The maximum absolute atomic E-state index is 13.0. The summed E-state index contributed by atoms with van der Waals surface area (Å²) in [5.74, 6) is 1.03. The third-order valence-corrected chi connectivity index (χ3v) is 4.77. The molecule has 0 aliphatic rings. The quantitative estimate of drug-likeness (QED) is 0.435. The van der Waals surface area contributed by atoms with Gasteiger partial charge >= 0.3 is 0 Å². The Labute approximate surface area is 173 Å². The minimum absolute atomic E-state index is 0.225. The Morgan fingerprint density at radius 2 is 1.97 bits per heavy atom. The van der Waals surface area contributed by atoms with Crippen LogP contribution >= 0.6 is 0 Å². The predicted molar refractivity (Wildman–Crippen MR) is 113 cm³/mol. The van der Waals surface area contributed by atoms with E-state index >= 15 is 0 Å². The molecule has 0 saturated carbocycles. The Morgan fingerprint density at radius 1 is 1.13 bits per heavy atom. The lowest BCUT2D eigenvalue weighted by atomic mass is 10.0. The Morgan fingerprint density at radius 3 is 2.63 bits per heavy atom. The van der Waals surface area contributed by atoms with Crippen molar-refractivity contribution in [2.75, 3.05) is 6.61 Å². The van der Waals surface area contributed by atoms with Gasteiger partial charge in [0.2, 0.25) is 5.82 Å². The Bertz CT molecular complexity index is 1160. The largest absolute Gasteiger partial charge is 0.494 e. The number of hydrogen-bond acceptors (Lipinski definition) is 6. The fourth-order valence-corrected chi connectivity index (χ4v) is 3.15. The molecular formula is C21H23N7O2. The zero-order valence-electron chi connectivity index (χ0n) is 16.9. The molecule has 0 fully saturated rings. The van der Waals surface area contributed by atoms with Crippen LogP contribution in [0.2, 0.25) is 0 Å². The smallest absolute Gasteiger partial charge is 0.260 e. The first-order chi connectivity index (χ1) is 14.7. The van der Waals surface area contributed by atoms with E-state index in [0.717, 1.165) is 30.7 Å². The molecule has 0 bridgehead atoms. The zero-order valence-corrected chi connectivity index (χ0v) is 16.9. The van der Waals surface area contributed by atoms with Crippen molar-refractivity contribution in [3.63, 3.8) is 0 Å². The molecule has 1 aromatic carbocycles. The van der Waals surface area contributed by atoms with Crippen LogP contribution in [0.5, 0.6) is 5.75 Å². The molecule has 3 heterocycles. The number of rotatable bonds is 8. The van der Waals surface area contributed by atoms with Gasteiger partial charge in [-0.25, -0.2) is 0 Å². The molecule has 0 aliphatic heterocycles. The number of nitrogens with one attached hydrogen (secondary N) is 2. The molecule has 4 aromatic rings. The summed E-state index contributed by atoms with van der Waals surface area (Å²) in [5.41, 5.74) is 2.87. The van der Waals surface area contributed by atoms with E-state index in [1.165, 1.54) is 0 Å². The van der Waals surface area contributed by atoms with Crippen molar-refractivity contribution in [1.29, 1.82) is 0 Å². The van der Waals surface area contributed by atoms with Crippen molar-refractivity contribution in [2.45, 2.75) is 33.2 Å². The number of unbranched alkanes of at least 4 members (excludes halogenated alkanes) is 1. The topological polar surface area (TPSA) is 114 Å². The van der Waals surface area contributed by atoms with Crippen LogP contribution in [0.4, 0.5) is 0 Å². The van der Waals surface area contributed by atoms with Gasteiger partial charge in [0.15, 0.2) is 0 Å². The standard InChI is InChI=1S/C21H23N7O2/c1-3-5-12-30-15-8-6-14(7-9-15)18-13-16(17-10-11-28(4-2)25-17)19(21(29)22-18)20-23-26-27-24-20/h6-11,13H,3-5,12H2,1-2H3,(H,22,29)(H,23,24,26,27). The van der Waals surface area contributed by atoms with Crippen molar-refractivity contribution in [2.24, 2.45) is 0 Å². The molecule has 0 unspecified atom stereocenters. The third-order valence-electron chi connectivity index (χ3n) is 4.77. The number of hydrogen-bond donors (Lipinski definition) is 2.